The molecule has 0 saturated carbocycles. The van der Waals surface area contributed by atoms with Gasteiger partial charge in [0.2, 0.25) is 5.91 Å². The number of nitrogens with two attached hydrogens (primary N) is 1. The zero-order chi connectivity index (χ0) is 17.9. The van der Waals surface area contributed by atoms with Gasteiger partial charge in [-0.25, -0.2) is 0 Å². The molecule has 3 N–H and O–H groups in total. The minimum absolute atomic E-state index is 0.0410. The van der Waals surface area contributed by atoms with Gasteiger partial charge in [-0.15, -0.1) is 0 Å². The molecule has 0 aromatic heterocycles. The number of phenols is 1. The molecule has 0 aliphatic rings. The Morgan fingerprint density at radius 2 is 1.92 bits per heavy atom. The molecule has 0 heterocycles. The second-order valence-electron chi connectivity index (χ2n) is 5.88. The van der Waals surface area contributed by atoms with Crippen molar-refractivity contribution >= 4 is 21.8 Å². The van der Waals surface area contributed by atoms with Crippen molar-refractivity contribution in [2.75, 3.05) is 14.2 Å². The Morgan fingerprint density at radius 3 is 2.46 bits per heavy atom. The molecule has 0 saturated heterocycles. The standard InChI is InChI=1S/C18H21BrN2O3/c1-18(20,13-5-7-14(19)8-6-13)17(23)21(2)11-12-4-9-16(24-3)15(22)10-12/h4-10,22H,11,20H2,1-3H3. The Hall–Kier alpha value is -2.05. The summed E-state index contributed by atoms with van der Waals surface area (Å²) < 4.78 is 5.95. The van der Waals surface area contributed by atoms with E-state index in [0.717, 1.165) is 15.6 Å². The molecule has 1 amide bonds. The molecule has 1 atom stereocenters. The monoisotopic (exact) mass is 392 g/mol. The van der Waals surface area contributed by atoms with Crippen molar-refractivity contribution in [3.05, 3.63) is 58.1 Å². The van der Waals surface area contributed by atoms with E-state index in [1.54, 1.807) is 37.1 Å². The molecule has 6 heteroatoms. The van der Waals surface area contributed by atoms with Gasteiger partial charge in [0.05, 0.1) is 7.11 Å². The van der Waals surface area contributed by atoms with E-state index in [9.17, 15) is 9.90 Å². The second kappa shape index (κ2) is 7.23. The zero-order valence-electron chi connectivity index (χ0n) is 13.9. The number of aromatic hydroxyl groups is 1. The predicted molar refractivity (Wildman–Crippen MR) is 96.8 cm³/mol. The van der Waals surface area contributed by atoms with Crippen molar-refractivity contribution in [2.45, 2.75) is 19.0 Å². The molecular weight excluding hydrogens is 372 g/mol. The van der Waals surface area contributed by atoms with Crippen molar-refractivity contribution in [1.29, 1.82) is 0 Å². The highest BCUT2D eigenvalue weighted by Gasteiger charge is 2.33. The minimum atomic E-state index is -1.13. The molecule has 2 aromatic rings. The fourth-order valence-electron chi connectivity index (χ4n) is 2.50. The summed E-state index contributed by atoms with van der Waals surface area (Å²) in [5.41, 5.74) is 6.67. The van der Waals surface area contributed by atoms with Crippen LogP contribution in [0.15, 0.2) is 46.9 Å². The number of hydrogen-bond donors (Lipinski definition) is 2. The number of carbonyl (C=O) groups is 1. The van der Waals surface area contributed by atoms with Crippen LogP contribution in [0.4, 0.5) is 0 Å². The lowest BCUT2D eigenvalue weighted by Crippen LogP contribution is -2.49. The number of carbonyl (C=O) groups excluding carboxylic acids is 1. The number of rotatable bonds is 5. The molecule has 0 aliphatic carbocycles. The molecule has 2 rings (SSSR count). The van der Waals surface area contributed by atoms with E-state index in [1.165, 1.54) is 7.11 Å². The van der Waals surface area contributed by atoms with Gasteiger partial charge < -0.3 is 20.5 Å². The Morgan fingerprint density at radius 1 is 1.29 bits per heavy atom. The summed E-state index contributed by atoms with van der Waals surface area (Å²) in [4.78, 5) is 14.3. The largest absolute Gasteiger partial charge is 0.504 e. The van der Waals surface area contributed by atoms with Crippen molar-refractivity contribution in [1.82, 2.24) is 4.90 Å². The molecule has 1 unspecified atom stereocenters. The van der Waals surface area contributed by atoms with E-state index in [1.807, 2.05) is 24.3 Å². The second-order valence-corrected chi connectivity index (χ2v) is 6.79. The number of hydrogen-bond acceptors (Lipinski definition) is 4. The molecule has 0 aliphatic heterocycles. The smallest absolute Gasteiger partial charge is 0.247 e. The highest BCUT2D eigenvalue weighted by Crippen LogP contribution is 2.27. The summed E-state index contributed by atoms with van der Waals surface area (Å²) in [7, 11) is 3.18. The summed E-state index contributed by atoms with van der Waals surface area (Å²) >= 11 is 3.37. The van der Waals surface area contributed by atoms with Crippen molar-refractivity contribution in [3.63, 3.8) is 0 Å². The summed E-state index contributed by atoms with van der Waals surface area (Å²) in [5.74, 6) is 0.227. The average molecular weight is 393 g/mol. The molecule has 0 bridgehead atoms. The topological polar surface area (TPSA) is 75.8 Å². The molecule has 5 nitrogen and oxygen atoms in total. The van der Waals surface area contributed by atoms with Gasteiger partial charge in [0.1, 0.15) is 5.54 Å². The average Bonchev–Trinajstić information content (AvgIpc) is 2.54. The Labute approximate surface area is 150 Å². The van der Waals surface area contributed by atoms with E-state index in [0.29, 0.717) is 12.3 Å². The lowest BCUT2D eigenvalue weighted by molar-refractivity contribution is -0.136. The van der Waals surface area contributed by atoms with Crippen LogP contribution in [-0.4, -0.2) is 30.1 Å². The number of methoxy groups -OCH3 is 1. The summed E-state index contributed by atoms with van der Waals surface area (Å²) in [6.45, 7) is 2.03. The van der Waals surface area contributed by atoms with E-state index in [4.69, 9.17) is 10.5 Å². The van der Waals surface area contributed by atoms with Gasteiger partial charge in [-0.3, -0.25) is 4.79 Å². The van der Waals surface area contributed by atoms with E-state index in [-0.39, 0.29) is 11.7 Å². The van der Waals surface area contributed by atoms with Gasteiger partial charge in [0.25, 0.3) is 0 Å². The predicted octanol–water partition coefficient (Wildman–Crippen LogP) is 3.00. The Bertz CT molecular complexity index is 730. The molecule has 128 valence electrons. The van der Waals surface area contributed by atoms with Crippen molar-refractivity contribution in [2.24, 2.45) is 5.73 Å². The SMILES string of the molecule is COc1ccc(CN(C)C(=O)C(C)(N)c2ccc(Br)cc2)cc1O. The van der Waals surface area contributed by atoms with Crippen LogP contribution < -0.4 is 10.5 Å². The number of amides is 1. The van der Waals surface area contributed by atoms with Gasteiger partial charge in [-0.1, -0.05) is 34.1 Å². The Balaban J connectivity index is 2.16. The van der Waals surface area contributed by atoms with Crippen LogP contribution in [0.3, 0.4) is 0 Å². The van der Waals surface area contributed by atoms with Gasteiger partial charge in [0.15, 0.2) is 11.5 Å². The molecule has 0 spiro atoms. The molecular formula is C18H21BrN2O3. The number of halogens is 1. The van der Waals surface area contributed by atoms with Crippen LogP contribution in [0.1, 0.15) is 18.1 Å². The summed E-state index contributed by atoms with van der Waals surface area (Å²) in [5, 5.41) is 9.85. The fraction of sp³-hybridized carbons (Fsp3) is 0.278. The summed E-state index contributed by atoms with van der Waals surface area (Å²) in [6.07, 6.45) is 0. The first-order valence-electron chi connectivity index (χ1n) is 7.42. The number of benzene rings is 2. The number of likely N-dealkylation sites (N-methyl/N-ethyl adjacent to an activating group) is 1. The third-order valence-electron chi connectivity index (χ3n) is 3.90. The quantitative estimate of drug-likeness (QED) is 0.819. The van der Waals surface area contributed by atoms with Gasteiger partial charge in [-0.05, 0) is 42.3 Å². The maximum Gasteiger partial charge on any atom is 0.247 e. The third-order valence-corrected chi connectivity index (χ3v) is 4.43. The first kappa shape index (κ1) is 18.3. The zero-order valence-corrected chi connectivity index (χ0v) is 15.5. The highest BCUT2D eigenvalue weighted by molar-refractivity contribution is 9.10. The van der Waals surface area contributed by atoms with Crippen LogP contribution in [0, 0.1) is 0 Å². The van der Waals surface area contributed by atoms with Crippen LogP contribution in [0.2, 0.25) is 0 Å². The number of nitrogens with zero attached hydrogens (tertiary/aromatic N) is 1. The van der Waals surface area contributed by atoms with E-state index >= 15 is 0 Å². The molecule has 24 heavy (non-hydrogen) atoms. The van der Waals surface area contributed by atoms with Gasteiger partial charge in [-0.2, -0.15) is 0 Å². The maximum atomic E-state index is 12.8. The Kier molecular flexibility index (Phi) is 5.51. The van der Waals surface area contributed by atoms with Gasteiger partial charge in [0, 0.05) is 18.1 Å². The molecule has 0 fully saturated rings. The van der Waals surface area contributed by atoms with Crippen LogP contribution in [-0.2, 0) is 16.9 Å². The molecule has 2 aromatic carbocycles. The first-order chi connectivity index (χ1) is 11.3. The van der Waals surface area contributed by atoms with Crippen LogP contribution in [0.25, 0.3) is 0 Å². The lowest BCUT2D eigenvalue weighted by Gasteiger charge is -2.30. The third kappa shape index (κ3) is 3.88. The molecule has 0 radical (unpaired) electrons. The summed E-state index contributed by atoms with van der Waals surface area (Å²) in [6, 6.07) is 12.4. The first-order valence-corrected chi connectivity index (χ1v) is 8.21. The fourth-order valence-corrected chi connectivity index (χ4v) is 2.76. The lowest BCUT2D eigenvalue weighted by atomic mass is 9.91. The number of phenolic OH excluding ortho intramolecular Hbond substituents is 1. The maximum absolute atomic E-state index is 12.8. The number of ether oxygens (including phenoxy) is 1. The van der Waals surface area contributed by atoms with E-state index in [2.05, 4.69) is 15.9 Å². The van der Waals surface area contributed by atoms with Crippen LogP contribution >= 0.6 is 15.9 Å². The van der Waals surface area contributed by atoms with E-state index < -0.39 is 5.54 Å². The minimum Gasteiger partial charge on any atom is -0.504 e. The van der Waals surface area contributed by atoms with Crippen molar-refractivity contribution in [3.8, 4) is 11.5 Å². The highest BCUT2D eigenvalue weighted by atomic mass is 79.9. The normalized spacial score (nSPS) is 13.2. The van der Waals surface area contributed by atoms with Gasteiger partial charge >= 0.3 is 0 Å². The van der Waals surface area contributed by atoms with Crippen LogP contribution in [0.5, 0.6) is 11.5 Å². The van der Waals surface area contributed by atoms with Crippen molar-refractivity contribution < 1.29 is 14.6 Å².